The first-order valence-electron chi connectivity index (χ1n) is 3.74. The third kappa shape index (κ3) is 1.11. The van der Waals surface area contributed by atoms with Gasteiger partial charge in [-0.2, -0.15) is 0 Å². The zero-order valence-corrected chi connectivity index (χ0v) is 6.75. The molecule has 1 unspecified atom stereocenters. The van der Waals surface area contributed by atoms with Crippen LogP contribution in [-0.4, -0.2) is 29.6 Å². The quantitative estimate of drug-likeness (QED) is 0.568. The molecule has 0 spiro atoms. The Morgan fingerprint density at radius 1 is 1.50 bits per heavy atom. The summed E-state index contributed by atoms with van der Waals surface area (Å²) >= 11 is 0. The SMILES string of the molecule is [CH2]CC1N(C)C=CN1CC. The van der Waals surface area contributed by atoms with Gasteiger partial charge in [-0.3, -0.25) is 0 Å². The normalized spacial score (nSPS) is 24.5. The molecule has 0 amide bonds. The van der Waals surface area contributed by atoms with Gasteiger partial charge >= 0.3 is 0 Å². The Labute approximate surface area is 63.1 Å². The lowest BCUT2D eigenvalue weighted by molar-refractivity contribution is 0.185. The molecule has 1 aliphatic rings. The van der Waals surface area contributed by atoms with E-state index >= 15 is 0 Å². The highest BCUT2D eigenvalue weighted by Gasteiger charge is 2.19. The number of rotatable bonds is 2. The Morgan fingerprint density at radius 3 is 2.60 bits per heavy atom. The molecule has 0 saturated heterocycles. The highest BCUT2D eigenvalue weighted by atomic mass is 15.4. The van der Waals surface area contributed by atoms with Crippen LogP contribution in [0, 0.1) is 6.92 Å². The first kappa shape index (κ1) is 7.45. The molecular formula is C8H15N2. The second-order valence-corrected chi connectivity index (χ2v) is 2.56. The standard InChI is InChI=1S/C8H15N2/c1-4-8-9(3)6-7-10(8)5-2/h6-8H,1,4-5H2,2-3H3. The summed E-state index contributed by atoms with van der Waals surface area (Å²) in [6.45, 7) is 7.12. The van der Waals surface area contributed by atoms with Gasteiger partial charge < -0.3 is 9.80 Å². The fourth-order valence-electron chi connectivity index (χ4n) is 1.31. The summed E-state index contributed by atoms with van der Waals surface area (Å²) in [7, 11) is 2.09. The summed E-state index contributed by atoms with van der Waals surface area (Å²) in [5.41, 5.74) is 0. The summed E-state index contributed by atoms with van der Waals surface area (Å²) in [4.78, 5) is 4.48. The van der Waals surface area contributed by atoms with Crippen LogP contribution < -0.4 is 0 Å². The van der Waals surface area contributed by atoms with Crippen LogP contribution in [0.5, 0.6) is 0 Å². The molecule has 2 nitrogen and oxygen atoms in total. The maximum absolute atomic E-state index is 3.89. The van der Waals surface area contributed by atoms with Crippen molar-refractivity contribution in [2.75, 3.05) is 13.6 Å². The van der Waals surface area contributed by atoms with Crippen LogP contribution in [0.3, 0.4) is 0 Å². The molecule has 0 aromatic rings. The molecule has 0 aliphatic carbocycles. The van der Waals surface area contributed by atoms with Crippen LogP contribution in [0.2, 0.25) is 0 Å². The summed E-state index contributed by atoms with van der Waals surface area (Å²) in [5.74, 6) is 0. The molecule has 0 aromatic carbocycles. The molecule has 10 heavy (non-hydrogen) atoms. The summed E-state index contributed by atoms with van der Waals surface area (Å²) in [6, 6.07) is 0. The third-order valence-corrected chi connectivity index (χ3v) is 1.97. The largest absolute Gasteiger partial charge is 0.359 e. The van der Waals surface area contributed by atoms with Crippen molar-refractivity contribution in [2.45, 2.75) is 19.5 Å². The Balaban J connectivity index is 2.53. The van der Waals surface area contributed by atoms with Gasteiger partial charge in [-0.25, -0.2) is 0 Å². The predicted molar refractivity (Wildman–Crippen MR) is 43.0 cm³/mol. The smallest absolute Gasteiger partial charge is 0.100 e. The predicted octanol–water partition coefficient (Wildman–Crippen LogP) is 1.28. The van der Waals surface area contributed by atoms with E-state index in [4.69, 9.17) is 0 Å². The number of nitrogens with zero attached hydrogens (tertiary/aromatic N) is 2. The Kier molecular flexibility index (Phi) is 2.20. The molecule has 2 heteroatoms. The van der Waals surface area contributed by atoms with Crippen molar-refractivity contribution in [3.8, 4) is 0 Å². The van der Waals surface area contributed by atoms with E-state index in [0.717, 1.165) is 13.0 Å². The van der Waals surface area contributed by atoms with Gasteiger partial charge in [-0.15, -0.1) is 0 Å². The maximum atomic E-state index is 3.89. The van der Waals surface area contributed by atoms with E-state index in [9.17, 15) is 0 Å². The van der Waals surface area contributed by atoms with E-state index < -0.39 is 0 Å². The molecule has 1 rings (SSSR count). The van der Waals surface area contributed by atoms with Crippen molar-refractivity contribution in [1.82, 2.24) is 9.80 Å². The van der Waals surface area contributed by atoms with Gasteiger partial charge in [0, 0.05) is 26.0 Å². The minimum absolute atomic E-state index is 0.491. The van der Waals surface area contributed by atoms with Crippen LogP contribution >= 0.6 is 0 Å². The second-order valence-electron chi connectivity index (χ2n) is 2.56. The van der Waals surface area contributed by atoms with E-state index in [0.29, 0.717) is 6.17 Å². The maximum Gasteiger partial charge on any atom is 0.100 e. The topological polar surface area (TPSA) is 6.48 Å². The molecule has 0 bridgehead atoms. The molecule has 0 aromatic heterocycles. The minimum atomic E-state index is 0.491. The Morgan fingerprint density at radius 2 is 2.20 bits per heavy atom. The lowest BCUT2D eigenvalue weighted by atomic mass is 10.3. The molecule has 1 atom stereocenters. The molecule has 1 radical (unpaired) electrons. The zero-order chi connectivity index (χ0) is 7.56. The van der Waals surface area contributed by atoms with E-state index in [1.165, 1.54) is 0 Å². The van der Waals surface area contributed by atoms with Crippen LogP contribution in [0.15, 0.2) is 12.4 Å². The summed E-state index contributed by atoms with van der Waals surface area (Å²) < 4.78 is 0. The Bertz CT molecular complexity index is 131. The van der Waals surface area contributed by atoms with Crippen molar-refractivity contribution in [1.29, 1.82) is 0 Å². The van der Waals surface area contributed by atoms with Crippen molar-refractivity contribution in [3.05, 3.63) is 19.3 Å². The highest BCUT2D eigenvalue weighted by molar-refractivity contribution is 4.94. The number of hydrogen-bond acceptors (Lipinski definition) is 2. The Hall–Kier alpha value is -0.660. The van der Waals surface area contributed by atoms with E-state index in [2.05, 4.69) is 43.1 Å². The molecular weight excluding hydrogens is 124 g/mol. The van der Waals surface area contributed by atoms with Crippen LogP contribution in [0.4, 0.5) is 0 Å². The van der Waals surface area contributed by atoms with E-state index in [1.54, 1.807) is 0 Å². The monoisotopic (exact) mass is 139 g/mol. The van der Waals surface area contributed by atoms with Gasteiger partial charge in [-0.1, -0.05) is 0 Å². The van der Waals surface area contributed by atoms with Gasteiger partial charge in [0.2, 0.25) is 0 Å². The average Bonchev–Trinajstić information content (AvgIpc) is 2.30. The third-order valence-electron chi connectivity index (χ3n) is 1.97. The first-order valence-corrected chi connectivity index (χ1v) is 3.74. The van der Waals surface area contributed by atoms with Gasteiger partial charge in [0.15, 0.2) is 0 Å². The molecule has 0 fully saturated rings. The van der Waals surface area contributed by atoms with Crippen LogP contribution in [0.25, 0.3) is 0 Å². The van der Waals surface area contributed by atoms with E-state index in [1.807, 2.05) is 0 Å². The molecule has 0 saturated carbocycles. The van der Waals surface area contributed by atoms with Crippen molar-refractivity contribution >= 4 is 0 Å². The van der Waals surface area contributed by atoms with Gasteiger partial charge in [-0.05, 0) is 20.3 Å². The zero-order valence-electron chi connectivity index (χ0n) is 6.75. The first-order chi connectivity index (χ1) is 4.79. The highest BCUT2D eigenvalue weighted by Crippen LogP contribution is 2.15. The lowest BCUT2D eigenvalue weighted by Crippen LogP contribution is -2.35. The van der Waals surface area contributed by atoms with Crippen molar-refractivity contribution < 1.29 is 0 Å². The molecule has 57 valence electrons. The average molecular weight is 139 g/mol. The fraction of sp³-hybridized carbons (Fsp3) is 0.625. The van der Waals surface area contributed by atoms with Crippen LogP contribution in [-0.2, 0) is 0 Å². The molecule has 1 aliphatic heterocycles. The molecule has 0 N–H and O–H groups in total. The van der Waals surface area contributed by atoms with Crippen molar-refractivity contribution in [3.63, 3.8) is 0 Å². The lowest BCUT2D eigenvalue weighted by Gasteiger charge is -2.28. The van der Waals surface area contributed by atoms with Gasteiger partial charge in [0.1, 0.15) is 6.17 Å². The van der Waals surface area contributed by atoms with Gasteiger partial charge in [0.05, 0.1) is 0 Å². The van der Waals surface area contributed by atoms with Crippen LogP contribution in [0.1, 0.15) is 13.3 Å². The van der Waals surface area contributed by atoms with Gasteiger partial charge in [0.25, 0.3) is 0 Å². The van der Waals surface area contributed by atoms with Crippen molar-refractivity contribution in [2.24, 2.45) is 0 Å². The second kappa shape index (κ2) is 2.95. The minimum Gasteiger partial charge on any atom is -0.359 e. The molecule has 1 heterocycles. The van der Waals surface area contributed by atoms with E-state index in [-0.39, 0.29) is 0 Å². The summed E-state index contributed by atoms with van der Waals surface area (Å²) in [5, 5.41) is 0. The number of hydrogen-bond donors (Lipinski definition) is 0. The fourth-order valence-corrected chi connectivity index (χ4v) is 1.31. The summed E-state index contributed by atoms with van der Waals surface area (Å²) in [6.07, 6.45) is 5.65.